The summed E-state index contributed by atoms with van der Waals surface area (Å²) in [6.07, 6.45) is 0. The first-order valence-corrected chi connectivity index (χ1v) is 7.16. The van der Waals surface area contributed by atoms with Gasteiger partial charge in [0.25, 0.3) is 5.91 Å². The van der Waals surface area contributed by atoms with E-state index < -0.39 is 5.97 Å². The monoisotopic (exact) mass is 305 g/mol. The number of anilines is 1. The molecule has 0 fully saturated rings. The zero-order chi connectivity index (χ0) is 15.4. The lowest BCUT2D eigenvalue weighted by Gasteiger charge is -2.11. The summed E-state index contributed by atoms with van der Waals surface area (Å²) in [6, 6.07) is 7.18. The van der Waals surface area contributed by atoms with E-state index in [1.807, 2.05) is 32.0 Å². The van der Waals surface area contributed by atoms with Gasteiger partial charge in [-0.3, -0.25) is 4.79 Å². The van der Waals surface area contributed by atoms with Gasteiger partial charge in [0.05, 0.1) is 5.56 Å². The van der Waals surface area contributed by atoms with Crippen molar-refractivity contribution in [1.82, 2.24) is 0 Å². The van der Waals surface area contributed by atoms with Crippen LogP contribution in [0.3, 0.4) is 0 Å². The van der Waals surface area contributed by atoms with Crippen LogP contribution in [0.25, 0.3) is 0 Å². The fourth-order valence-electron chi connectivity index (χ4n) is 1.90. The molecule has 21 heavy (non-hydrogen) atoms. The number of carbonyl (C=O) groups excluding carboxylic acids is 1. The molecule has 6 heteroatoms. The Morgan fingerprint density at radius 1 is 1.24 bits per heavy atom. The predicted molar refractivity (Wildman–Crippen MR) is 81.3 cm³/mol. The van der Waals surface area contributed by atoms with Gasteiger partial charge in [0.1, 0.15) is 10.8 Å². The number of ether oxygens (including phenoxy) is 1. The second-order valence-corrected chi connectivity index (χ2v) is 5.44. The van der Waals surface area contributed by atoms with Crippen molar-refractivity contribution in [1.29, 1.82) is 0 Å². The highest BCUT2D eigenvalue weighted by Gasteiger charge is 2.14. The predicted octanol–water partition coefficient (Wildman–Crippen LogP) is 3.08. The van der Waals surface area contributed by atoms with Gasteiger partial charge in [-0.05, 0) is 36.4 Å². The van der Waals surface area contributed by atoms with E-state index in [1.165, 1.54) is 17.4 Å². The molecule has 0 bridgehead atoms. The van der Waals surface area contributed by atoms with E-state index in [0.717, 1.165) is 11.1 Å². The van der Waals surface area contributed by atoms with E-state index in [-0.39, 0.29) is 18.1 Å². The average molecular weight is 305 g/mol. The molecule has 0 spiro atoms. The third-order valence-electron chi connectivity index (χ3n) is 2.90. The molecule has 0 radical (unpaired) electrons. The van der Waals surface area contributed by atoms with E-state index in [4.69, 9.17) is 9.84 Å². The number of thiophene rings is 1. The number of nitrogens with one attached hydrogen (secondary N) is 1. The quantitative estimate of drug-likeness (QED) is 0.890. The highest BCUT2D eigenvalue weighted by Crippen LogP contribution is 2.24. The number of carbonyl (C=O) groups is 2. The van der Waals surface area contributed by atoms with Crippen molar-refractivity contribution in [2.45, 2.75) is 13.8 Å². The van der Waals surface area contributed by atoms with Crippen LogP contribution in [0.2, 0.25) is 0 Å². The van der Waals surface area contributed by atoms with Crippen LogP contribution < -0.4 is 10.1 Å². The summed E-state index contributed by atoms with van der Waals surface area (Å²) in [5.41, 5.74) is 1.98. The van der Waals surface area contributed by atoms with Crippen LogP contribution in [0.1, 0.15) is 21.5 Å². The molecule has 0 aliphatic heterocycles. The molecule has 0 saturated carbocycles. The molecule has 2 aromatic rings. The van der Waals surface area contributed by atoms with E-state index in [9.17, 15) is 9.59 Å². The molecule has 5 nitrogen and oxygen atoms in total. The van der Waals surface area contributed by atoms with Gasteiger partial charge < -0.3 is 15.2 Å². The van der Waals surface area contributed by atoms with Crippen molar-refractivity contribution in [3.63, 3.8) is 0 Å². The molecule has 2 rings (SSSR count). The number of carboxylic acids is 1. The molecule has 110 valence electrons. The van der Waals surface area contributed by atoms with Crippen molar-refractivity contribution >= 4 is 28.2 Å². The Bertz CT molecular complexity index is 658. The van der Waals surface area contributed by atoms with Gasteiger partial charge in [-0.25, -0.2) is 4.79 Å². The van der Waals surface area contributed by atoms with Crippen LogP contribution in [0.15, 0.2) is 29.6 Å². The lowest BCUT2D eigenvalue weighted by molar-refractivity contribution is -0.118. The molecule has 0 aliphatic rings. The summed E-state index contributed by atoms with van der Waals surface area (Å²) in [6.45, 7) is 3.65. The number of aryl methyl sites for hydroxylation is 2. The van der Waals surface area contributed by atoms with Crippen LogP contribution in [0.4, 0.5) is 5.00 Å². The van der Waals surface area contributed by atoms with Crippen LogP contribution in [0.5, 0.6) is 5.75 Å². The summed E-state index contributed by atoms with van der Waals surface area (Å²) in [5.74, 6) is -0.776. The molecule has 0 aliphatic carbocycles. The van der Waals surface area contributed by atoms with Crippen LogP contribution in [-0.2, 0) is 4.79 Å². The van der Waals surface area contributed by atoms with Gasteiger partial charge in [0, 0.05) is 0 Å². The minimum absolute atomic E-state index is 0.0837. The maximum atomic E-state index is 11.9. The average Bonchev–Trinajstić information content (AvgIpc) is 2.86. The van der Waals surface area contributed by atoms with Gasteiger partial charge in [-0.1, -0.05) is 18.2 Å². The van der Waals surface area contributed by atoms with Crippen LogP contribution in [0, 0.1) is 13.8 Å². The number of carboxylic acid groups (broad SMARTS) is 1. The van der Waals surface area contributed by atoms with Crippen molar-refractivity contribution in [2.75, 3.05) is 11.9 Å². The second kappa shape index (κ2) is 6.41. The number of benzene rings is 1. The minimum Gasteiger partial charge on any atom is -0.483 e. The Balaban J connectivity index is 2.00. The van der Waals surface area contributed by atoms with Gasteiger partial charge in [0.15, 0.2) is 6.61 Å². The summed E-state index contributed by atoms with van der Waals surface area (Å²) < 4.78 is 5.52. The zero-order valence-electron chi connectivity index (χ0n) is 11.7. The van der Waals surface area contributed by atoms with Crippen molar-refractivity contribution in [3.8, 4) is 5.75 Å². The van der Waals surface area contributed by atoms with Crippen molar-refractivity contribution < 1.29 is 19.4 Å². The molecule has 1 heterocycles. The van der Waals surface area contributed by atoms with Gasteiger partial charge in [-0.2, -0.15) is 0 Å². The number of para-hydroxylation sites is 1. The summed E-state index contributed by atoms with van der Waals surface area (Å²) in [5, 5.41) is 13.5. The van der Waals surface area contributed by atoms with Crippen LogP contribution >= 0.6 is 11.3 Å². The first-order chi connectivity index (χ1) is 9.99. The second-order valence-electron chi connectivity index (χ2n) is 4.53. The zero-order valence-corrected chi connectivity index (χ0v) is 12.5. The smallest absolute Gasteiger partial charge is 0.338 e. The van der Waals surface area contributed by atoms with Crippen molar-refractivity contribution in [2.24, 2.45) is 0 Å². The minimum atomic E-state index is -1.07. The fourth-order valence-corrected chi connectivity index (χ4v) is 2.70. The van der Waals surface area contributed by atoms with Crippen LogP contribution in [-0.4, -0.2) is 23.6 Å². The maximum absolute atomic E-state index is 11.9. The molecule has 2 N–H and O–H groups in total. The summed E-state index contributed by atoms with van der Waals surface area (Å²) in [4.78, 5) is 22.8. The third kappa shape index (κ3) is 3.61. The fraction of sp³-hybridized carbons (Fsp3) is 0.200. The molecule has 0 atom stereocenters. The van der Waals surface area contributed by atoms with E-state index in [1.54, 1.807) is 5.38 Å². The molecule has 1 aromatic heterocycles. The first-order valence-electron chi connectivity index (χ1n) is 6.28. The third-order valence-corrected chi connectivity index (χ3v) is 3.73. The van der Waals surface area contributed by atoms with Gasteiger partial charge in [0.2, 0.25) is 0 Å². The number of rotatable bonds is 5. The highest BCUT2D eigenvalue weighted by molar-refractivity contribution is 7.14. The summed E-state index contributed by atoms with van der Waals surface area (Å²) >= 11 is 1.17. The molecule has 0 saturated heterocycles. The first kappa shape index (κ1) is 15.1. The number of hydrogen-bond acceptors (Lipinski definition) is 4. The van der Waals surface area contributed by atoms with Crippen molar-refractivity contribution in [3.05, 3.63) is 46.3 Å². The number of aromatic carboxylic acids is 1. The maximum Gasteiger partial charge on any atom is 0.338 e. The standard InChI is InChI=1S/C15H15NO4S/c1-9-4-3-5-10(2)13(9)20-8-12(17)16-14-11(15(18)19)6-7-21-14/h3-7H,8H2,1-2H3,(H,16,17)(H,18,19). The van der Waals surface area contributed by atoms with E-state index >= 15 is 0 Å². The number of hydrogen-bond donors (Lipinski definition) is 2. The molecule has 1 aromatic carbocycles. The Labute approximate surface area is 126 Å². The van der Waals surface area contributed by atoms with Gasteiger partial charge in [-0.15, -0.1) is 11.3 Å². The normalized spacial score (nSPS) is 10.2. The Hall–Kier alpha value is -2.34. The lowest BCUT2D eigenvalue weighted by Crippen LogP contribution is -2.21. The largest absolute Gasteiger partial charge is 0.483 e. The highest BCUT2D eigenvalue weighted by atomic mass is 32.1. The van der Waals surface area contributed by atoms with Gasteiger partial charge >= 0.3 is 5.97 Å². The van der Waals surface area contributed by atoms with E-state index in [0.29, 0.717) is 10.8 Å². The molecular weight excluding hydrogens is 290 g/mol. The molecule has 0 unspecified atom stereocenters. The molecule has 1 amide bonds. The Morgan fingerprint density at radius 3 is 2.52 bits per heavy atom. The Kier molecular flexibility index (Phi) is 4.59. The molecular formula is C15H15NO4S. The van der Waals surface area contributed by atoms with E-state index in [2.05, 4.69) is 5.32 Å². The topological polar surface area (TPSA) is 75.6 Å². The summed E-state index contributed by atoms with van der Waals surface area (Å²) in [7, 11) is 0. The SMILES string of the molecule is Cc1cccc(C)c1OCC(=O)Nc1sccc1C(=O)O. The lowest BCUT2D eigenvalue weighted by atomic mass is 10.1. The number of amides is 1. The Morgan fingerprint density at radius 2 is 1.90 bits per heavy atom.